The number of urea groups is 1. The molecule has 2 aromatic carbocycles. The fraction of sp³-hybridized carbons (Fsp3) is 0.200. The molecule has 0 saturated carbocycles. The van der Waals surface area contributed by atoms with Crippen molar-refractivity contribution in [2.45, 2.75) is 12.5 Å². The quantitative estimate of drug-likeness (QED) is 0.380. The summed E-state index contributed by atoms with van der Waals surface area (Å²) in [6.45, 7) is -0.753. The van der Waals surface area contributed by atoms with Gasteiger partial charge in [-0.25, -0.2) is 23.6 Å². The fourth-order valence-corrected chi connectivity index (χ4v) is 2.59. The standard InChI is InChI=1S/C20H19FN2O8/c21-5-6-31-15-3-1-11(2-4-15)7-16(19(28)29)23-20(30)22-14-9-12(17(24)25)8-13(10-14)18(26)27/h1-4,8-10,16H,5-7H2,(H,24,25)(H,26,27)(H,28,29)(H2,22,23,30). The van der Waals surface area contributed by atoms with E-state index in [0.717, 1.165) is 18.2 Å². The molecule has 0 heterocycles. The van der Waals surface area contributed by atoms with Crippen LogP contribution in [0.15, 0.2) is 42.5 Å². The number of carbonyl (C=O) groups excluding carboxylic acids is 1. The molecule has 2 rings (SSSR count). The number of carbonyl (C=O) groups is 4. The third-order valence-electron chi connectivity index (χ3n) is 4.00. The molecule has 0 saturated heterocycles. The third kappa shape index (κ3) is 6.99. The number of carboxylic acid groups (broad SMARTS) is 3. The van der Waals surface area contributed by atoms with Gasteiger partial charge in [0.15, 0.2) is 0 Å². The molecule has 164 valence electrons. The van der Waals surface area contributed by atoms with Crippen LogP contribution in [0.4, 0.5) is 14.9 Å². The first-order chi connectivity index (χ1) is 14.7. The van der Waals surface area contributed by atoms with E-state index in [1.165, 1.54) is 12.1 Å². The van der Waals surface area contributed by atoms with Gasteiger partial charge >= 0.3 is 23.9 Å². The van der Waals surface area contributed by atoms with Crippen molar-refractivity contribution in [2.75, 3.05) is 18.6 Å². The minimum absolute atomic E-state index is 0.0817. The lowest BCUT2D eigenvalue weighted by Gasteiger charge is -2.16. The zero-order valence-electron chi connectivity index (χ0n) is 16.0. The molecule has 0 aliphatic carbocycles. The largest absolute Gasteiger partial charge is 0.491 e. The Kier molecular flexibility index (Phi) is 7.89. The fourth-order valence-electron chi connectivity index (χ4n) is 2.59. The van der Waals surface area contributed by atoms with Gasteiger partial charge in [-0.3, -0.25) is 0 Å². The molecule has 31 heavy (non-hydrogen) atoms. The van der Waals surface area contributed by atoms with Crippen LogP contribution in [0.25, 0.3) is 0 Å². The molecule has 1 unspecified atom stereocenters. The predicted molar refractivity (Wildman–Crippen MR) is 106 cm³/mol. The van der Waals surface area contributed by atoms with E-state index >= 15 is 0 Å². The van der Waals surface area contributed by atoms with E-state index < -0.39 is 36.7 Å². The summed E-state index contributed by atoms with van der Waals surface area (Å²) in [5.41, 5.74) is -0.297. The molecule has 0 radical (unpaired) electrons. The maximum atomic E-state index is 12.2. The number of hydrogen-bond donors (Lipinski definition) is 5. The van der Waals surface area contributed by atoms with E-state index in [4.69, 9.17) is 14.9 Å². The van der Waals surface area contributed by atoms with E-state index in [0.29, 0.717) is 11.3 Å². The van der Waals surface area contributed by atoms with Crippen LogP contribution in [0.2, 0.25) is 0 Å². The smallest absolute Gasteiger partial charge is 0.335 e. The van der Waals surface area contributed by atoms with E-state index in [2.05, 4.69) is 10.6 Å². The Balaban J connectivity index is 2.08. The van der Waals surface area contributed by atoms with Crippen LogP contribution in [0.1, 0.15) is 26.3 Å². The Bertz CT molecular complexity index is 945. The second-order valence-corrected chi connectivity index (χ2v) is 6.28. The van der Waals surface area contributed by atoms with Crippen LogP contribution in [0, 0.1) is 0 Å². The summed E-state index contributed by atoms with van der Waals surface area (Å²) in [6, 6.07) is 6.92. The number of hydrogen-bond acceptors (Lipinski definition) is 5. The maximum Gasteiger partial charge on any atom is 0.335 e. The second-order valence-electron chi connectivity index (χ2n) is 6.28. The van der Waals surface area contributed by atoms with E-state index in [-0.39, 0.29) is 29.8 Å². The number of nitrogens with one attached hydrogen (secondary N) is 2. The monoisotopic (exact) mass is 434 g/mol. The topological polar surface area (TPSA) is 162 Å². The molecule has 0 spiro atoms. The number of carboxylic acids is 3. The molecule has 5 N–H and O–H groups in total. The number of amides is 2. The van der Waals surface area contributed by atoms with Crippen molar-refractivity contribution in [3.8, 4) is 5.75 Å². The zero-order chi connectivity index (χ0) is 23.0. The van der Waals surface area contributed by atoms with Gasteiger partial charge in [-0.15, -0.1) is 0 Å². The van der Waals surface area contributed by atoms with Crippen molar-refractivity contribution >= 4 is 29.6 Å². The molecule has 10 nitrogen and oxygen atoms in total. The molecule has 0 bridgehead atoms. The van der Waals surface area contributed by atoms with Gasteiger partial charge < -0.3 is 30.7 Å². The number of ether oxygens (including phenoxy) is 1. The van der Waals surface area contributed by atoms with Crippen LogP contribution in [-0.2, 0) is 11.2 Å². The van der Waals surface area contributed by atoms with Crippen molar-refractivity contribution in [1.82, 2.24) is 5.32 Å². The zero-order valence-corrected chi connectivity index (χ0v) is 16.0. The van der Waals surface area contributed by atoms with Gasteiger partial charge in [0.25, 0.3) is 0 Å². The van der Waals surface area contributed by atoms with E-state index in [1.807, 2.05) is 0 Å². The van der Waals surface area contributed by atoms with Crippen LogP contribution in [0.3, 0.4) is 0 Å². The van der Waals surface area contributed by atoms with Crippen molar-refractivity contribution in [1.29, 1.82) is 0 Å². The summed E-state index contributed by atoms with van der Waals surface area (Å²) in [4.78, 5) is 46.0. The first-order valence-electron chi connectivity index (χ1n) is 8.89. The molecule has 0 aliphatic rings. The van der Waals surface area contributed by atoms with E-state index in [1.54, 1.807) is 12.1 Å². The summed E-state index contributed by atoms with van der Waals surface area (Å²) in [6.07, 6.45) is -0.0817. The summed E-state index contributed by atoms with van der Waals surface area (Å²) < 4.78 is 17.2. The summed E-state index contributed by atoms with van der Waals surface area (Å²) >= 11 is 0. The highest BCUT2D eigenvalue weighted by molar-refractivity contribution is 5.98. The summed E-state index contributed by atoms with van der Waals surface area (Å²) in [7, 11) is 0. The van der Waals surface area contributed by atoms with Crippen LogP contribution < -0.4 is 15.4 Å². The third-order valence-corrected chi connectivity index (χ3v) is 4.00. The predicted octanol–water partition coefficient (Wildman–Crippen LogP) is 2.25. The number of benzene rings is 2. The normalized spacial score (nSPS) is 11.3. The lowest BCUT2D eigenvalue weighted by Crippen LogP contribution is -2.44. The maximum absolute atomic E-state index is 12.2. The SMILES string of the molecule is O=C(Nc1cc(C(=O)O)cc(C(=O)O)c1)NC(Cc1ccc(OCCF)cc1)C(=O)O. The highest BCUT2D eigenvalue weighted by atomic mass is 19.1. The molecule has 0 aliphatic heterocycles. The molecule has 2 amide bonds. The average molecular weight is 434 g/mol. The first-order valence-corrected chi connectivity index (χ1v) is 8.89. The van der Waals surface area contributed by atoms with E-state index in [9.17, 15) is 28.7 Å². The van der Waals surface area contributed by atoms with Gasteiger partial charge in [-0.05, 0) is 35.9 Å². The molecule has 11 heteroatoms. The van der Waals surface area contributed by atoms with Crippen molar-refractivity contribution in [2.24, 2.45) is 0 Å². The van der Waals surface area contributed by atoms with Crippen LogP contribution in [0.5, 0.6) is 5.75 Å². The van der Waals surface area contributed by atoms with Crippen LogP contribution in [-0.4, -0.2) is 58.6 Å². The summed E-state index contributed by atoms with van der Waals surface area (Å²) in [5, 5.41) is 32.0. The van der Waals surface area contributed by atoms with Gasteiger partial charge in [0.05, 0.1) is 11.1 Å². The minimum Gasteiger partial charge on any atom is -0.491 e. The highest BCUT2D eigenvalue weighted by Gasteiger charge is 2.21. The Morgan fingerprint density at radius 1 is 0.935 bits per heavy atom. The minimum atomic E-state index is -1.39. The van der Waals surface area contributed by atoms with Gasteiger partial charge in [-0.1, -0.05) is 12.1 Å². The average Bonchev–Trinajstić information content (AvgIpc) is 2.72. The van der Waals surface area contributed by atoms with Crippen molar-refractivity contribution < 1.29 is 43.6 Å². The number of aromatic carboxylic acids is 2. The van der Waals surface area contributed by atoms with Gasteiger partial charge in [0.1, 0.15) is 25.1 Å². The number of aliphatic carboxylic acids is 1. The Labute approximate surface area is 175 Å². The van der Waals surface area contributed by atoms with Crippen molar-refractivity contribution in [3.63, 3.8) is 0 Å². The molecule has 0 fully saturated rings. The van der Waals surface area contributed by atoms with Gasteiger partial charge in [0.2, 0.25) is 0 Å². The molecular weight excluding hydrogens is 415 g/mol. The Hall–Kier alpha value is -4.15. The second kappa shape index (κ2) is 10.6. The summed E-state index contributed by atoms with van der Waals surface area (Å²) in [5.74, 6) is -3.70. The lowest BCUT2D eigenvalue weighted by molar-refractivity contribution is -0.139. The molecule has 0 aromatic heterocycles. The first kappa shape index (κ1) is 23.1. The Morgan fingerprint density at radius 2 is 1.52 bits per heavy atom. The highest BCUT2D eigenvalue weighted by Crippen LogP contribution is 2.16. The van der Waals surface area contributed by atoms with Gasteiger partial charge in [-0.2, -0.15) is 0 Å². The molecular formula is C20H19FN2O8. The number of halogens is 1. The van der Waals surface area contributed by atoms with Crippen LogP contribution >= 0.6 is 0 Å². The van der Waals surface area contributed by atoms with Gasteiger partial charge in [0, 0.05) is 12.1 Å². The number of alkyl halides is 1. The van der Waals surface area contributed by atoms with Crippen molar-refractivity contribution in [3.05, 3.63) is 59.2 Å². The number of anilines is 1. The number of rotatable bonds is 10. The lowest BCUT2D eigenvalue weighted by atomic mass is 10.1. The Morgan fingerprint density at radius 3 is 2.00 bits per heavy atom. The molecule has 2 aromatic rings. The molecule has 1 atom stereocenters.